The first kappa shape index (κ1) is 10.2. The molecule has 0 aliphatic carbocycles. The van der Waals surface area contributed by atoms with Gasteiger partial charge in [-0.1, -0.05) is 4.98 Å². The Hall–Kier alpha value is -2.30. The fourth-order valence-electron chi connectivity index (χ4n) is 1.68. The number of carbonyl (C=O) groups excluding carboxylic acids is 1. The molecule has 0 unspecified atom stereocenters. The molecule has 0 bridgehead atoms. The van der Waals surface area contributed by atoms with Crippen molar-refractivity contribution in [2.75, 3.05) is 0 Å². The van der Waals surface area contributed by atoms with Gasteiger partial charge in [-0.3, -0.25) is 4.79 Å². The minimum absolute atomic E-state index is 0.358. The number of rotatable bonds is 2. The maximum atomic E-state index is 11.2. The summed E-state index contributed by atoms with van der Waals surface area (Å²) in [5.74, 6) is -0.105. The molecule has 2 aromatic rings. The van der Waals surface area contributed by atoms with Crippen LogP contribution in [0.4, 0.5) is 5.82 Å². The summed E-state index contributed by atoms with van der Waals surface area (Å²) in [5.41, 5.74) is 15.4. The number of hydrogen-bond acceptors (Lipinski definition) is 2. The van der Waals surface area contributed by atoms with Gasteiger partial charge in [-0.2, -0.15) is 0 Å². The van der Waals surface area contributed by atoms with E-state index in [1.165, 1.54) is 0 Å². The molecular formula is C11H10N4O. The van der Waals surface area contributed by atoms with Crippen LogP contribution in [0.2, 0.25) is 0 Å². The lowest BCUT2D eigenvalue weighted by Crippen LogP contribution is -2.55. The summed E-state index contributed by atoms with van der Waals surface area (Å²) in [4.78, 5) is 15.1. The van der Waals surface area contributed by atoms with Gasteiger partial charge in [0.15, 0.2) is 0 Å². The zero-order valence-corrected chi connectivity index (χ0v) is 8.69. The first-order chi connectivity index (χ1) is 7.63. The second kappa shape index (κ2) is 3.69. The van der Waals surface area contributed by atoms with E-state index in [0.717, 1.165) is 16.3 Å². The monoisotopic (exact) mass is 214 g/mol. The van der Waals surface area contributed by atoms with Gasteiger partial charge in [0.2, 0.25) is 5.91 Å². The highest BCUT2D eigenvalue weighted by Crippen LogP contribution is 2.22. The second-order valence-electron chi connectivity index (χ2n) is 3.52. The van der Waals surface area contributed by atoms with E-state index in [0.29, 0.717) is 11.4 Å². The van der Waals surface area contributed by atoms with Crippen LogP contribution < -0.4 is 10.8 Å². The number of nitrogens with two attached hydrogens (primary N) is 1. The van der Waals surface area contributed by atoms with Gasteiger partial charge in [0.1, 0.15) is 6.20 Å². The van der Waals surface area contributed by atoms with E-state index in [-0.39, 0.29) is 0 Å². The van der Waals surface area contributed by atoms with Crippen molar-refractivity contribution in [3.63, 3.8) is 0 Å². The molecule has 1 aromatic carbocycles. The SMILES string of the molecule is Cc1cc2c([NH+]=[N-])nccc2cc1C(N)=O. The van der Waals surface area contributed by atoms with Crippen molar-refractivity contribution in [1.82, 2.24) is 4.98 Å². The van der Waals surface area contributed by atoms with Crippen molar-refractivity contribution >= 4 is 22.5 Å². The summed E-state index contributed by atoms with van der Waals surface area (Å²) in [6.07, 6.45) is 1.54. The van der Waals surface area contributed by atoms with Crippen molar-refractivity contribution in [3.8, 4) is 0 Å². The van der Waals surface area contributed by atoms with Crippen LogP contribution >= 0.6 is 0 Å². The van der Waals surface area contributed by atoms with Crippen molar-refractivity contribution in [3.05, 3.63) is 41.1 Å². The van der Waals surface area contributed by atoms with Crippen LogP contribution in [0.5, 0.6) is 0 Å². The van der Waals surface area contributed by atoms with Crippen molar-refractivity contribution in [2.24, 2.45) is 5.73 Å². The number of nitrogens with one attached hydrogen (secondary N) is 1. The molecule has 3 N–H and O–H groups in total. The van der Waals surface area contributed by atoms with Crippen LogP contribution in [0.3, 0.4) is 0 Å². The summed E-state index contributed by atoms with van der Waals surface area (Å²) >= 11 is 0. The number of fused-ring (bicyclic) bond motifs is 1. The minimum Gasteiger partial charge on any atom is -0.614 e. The maximum Gasteiger partial charge on any atom is 0.313 e. The fourth-order valence-corrected chi connectivity index (χ4v) is 1.68. The normalized spacial score (nSPS) is 10.3. The lowest BCUT2D eigenvalue weighted by molar-refractivity contribution is -0.382. The molecular weight excluding hydrogens is 204 g/mol. The minimum atomic E-state index is -0.463. The Bertz CT molecular complexity index is 592. The van der Waals surface area contributed by atoms with Crippen LogP contribution in [0, 0.1) is 6.92 Å². The number of primary amides is 1. The van der Waals surface area contributed by atoms with Crippen LogP contribution in [-0.4, -0.2) is 10.9 Å². The highest BCUT2D eigenvalue weighted by atomic mass is 16.1. The molecule has 16 heavy (non-hydrogen) atoms. The molecule has 0 radical (unpaired) electrons. The van der Waals surface area contributed by atoms with E-state index in [9.17, 15) is 4.79 Å². The average Bonchev–Trinajstić information content (AvgIpc) is 2.27. The Kier molecular flexibility index (Phi) is 2.36. The quantitative estimate of drug-likeness (QED) is 0.707. The number of aryl methyl sites for hydroxylation is 1. The van der Waals surface area contributed by atoms with Gasteiger partial charge in [-0.15, -0.1) is 0 Å². The third kappa shape index (κ3) is 1.52. The molecule has 0 spiro atoms. The number of benzene rings is 1. The molecule has 1 aromatic heterocycles. The summed E-state index contributed by atoms with van der Waals surface area (Å²) in [6, 6.07) is 5.21. The smallest absolute Gasteiger partial charge is 0.313 e. The molecule has 0 aliphatic rings. The molecule has 1 heterocycles. The maximum absolute atomic E-state index is 11.2. The second-order valence-corrected chi connectivity index (χ2v) is 3.52. The van der Waals surface area contributed by atoms with Crippen molar-refractivity contribution in [2.45, 2.75) is 6.92 Å². The molecule has 0 saturated carbocycles. The summed E-state index contributed by atoms with van der Waals surface area (Å²) in [5, 5.41) is 3.56. The summed E-state index contributed by atoms with van der Waals surface area (Å²) in [6.45, 7) is 1.79. The Morgan fingerprint density at radius 2 is 2.25 bits per heavy atom. The Morgan fingerprint density at radius 1 is 1.50 bits per heavy atom. The third-order valence-corrected chi connectivity index (χ3v) is 2.48. The molecule has 0 atom stereocenters. The number of nitrogens with zero attached hydrogens (tertiary/aromatic N) is 2. The Morgan fingerprint density at radius 3 is 2.88 bits per heavy atom. The van der Waals surface area contributed by atoms with Gasteiger partial charge < -0.3 is 16.4 Å². The first-order valence-electron chi connectivity index (χ1n) is 4.72. The fraction of sp³-hybridized carbons (Fsp3) is 0.0909. The molecule has 5 heteroatoms. The molecule has 2 rings (SSSR count). The van der Waals surface area contributed by atoms with Crippen molar-refractivity contribution in [1.29, 1.82) is 0 Å². The molecule has 0 fully saturated rings. The van der Waals surface area contributed by atoms with Crippen LogP contribution in [-0.2, 0) is 0 Å². The van der Waals surface area contributed by atoms with Gasteiger partial charge in [-0.25, -0.2) is 0 Å². The number of carbonyl (C=O) groups is 1. The van der Waals surface area contributed by atoms with E-state index < -0.39 is 5.91 Å². The van der Waals surface area contributed by atoms with Crippen LogP contribution in [0.1, 0.15) is 15.9 Å². The number of pyridine rings is 1. The first-order valence-corrected chi connectivity index (χ1v) is 4.72. The van der Waals surface area contributed by atoms with Gasteiger partial charge >= 0.3 is 5.82 Å². The largest absolute Gasteiger partial charge is 0.614 e. The van der Waals surface area contributed by atoms with Gasteiger partial charge in [-0.05, 0) is 36.1 Å². The highest BCUT2D eigenvalue weighted by Gasteiger charge is 2.11. The molecule has 5 nitrogen and oxygen atoms in total. The third-order valence-electron chi connectivity index (χ3n) is 2.48. The Balaban J connectivity index is 2.83. The van der Waals surface area contributed by atoms with Crippen molar-refractivity contribution < 1.29 is 9.91 Å². The van der Waals surface area contributed by atoms with E-state index in [1.54, 1.807) is 31.3 Å². The number of amides is 1. The zero-order valence-electron chi connectivity index (χ0n) is 8.69. The Labute approximate surface area is 91.8 Å². The summed E-state index contributed by atoms with van der Waals surface area (Å²) < 4.78 is 0. The summed E-state index contributed by atoms with van der Waals surface area (Å²) in [7, 11) is 0. The molecule has 0 aliphatic heterocycles. The predicted octanol–water partition coefficient (Wildman–Crippen LogP) is 0.376. The highest BCUT2D eigenvalue weighted by molar-refractivity contribution is 6.00. The van der Waals surface area contributed by atoms with Gasteiger partial charge in [0.25, 0.3) is 0 Å². The lowest BCUT2D eigenvalue weighted by Gasteiger charge is -2.04. The molecule has 0 saturated heterocycles. The average molecular weight is 214 g/mol. The molecule has 80 valence electrons. The predicted molar refractivity (Wildman–Crippen MR) is 59.0 cm³/mol. The molecule has 1 amide bonds. The van der Waals surface area contributed by atoms with Gasteiger partial charge in [0, 0.05) is 5.56 Å². The van der Waals surface area contributed by atoms with E-state index in [1.807, 2.05) is 5.11 Å². The lowest BCUT2D eigenvalue weighted by atomic mass is 10.0. The zero-order chi connectivity index (χ0) is 11.7. The van der Waals surface area contributed by atoms with Crippen LogP contribution in [0.25, 0.3) is 16.3 Å². The standard InChI is InChI=1S/C11H10N4O/c1-6-4-9-7(5-8(6)10(12)16)2-3-14-11(9)15-13/h2-5,15H,1H3,(H2,12,16). The van der Waals surface area contributed by atoms with E-state index in [4.69, 9.17) is 11.3 Å². The number of aromatic nitrogens is 1. The van der Waals surface area contributed by atoms with E-state index >= 15 is 0 Å². The number of hydrogen-bond donors (Lipinski definition) is 2. The van der Waals surface area contributed by atoms with Gasteiger partial charge in [0.05, 0.1) is 5.39 Å². The topological polar surface area (TPSA) is 92.2 Å². The van der Waals surface area contributed by atoms with Crippen LogP contribution in [0.15, 0.2) is 24.4 Å². The van der Waals surface area contributed by atoms with E-state index in [2.05, 4.69) is 4.98 Å².